The minimum absolute atomic E-state index is 0.292. The molecule has 0 radical (unpaired) electrons. The molecule has 0 aromatic carbocycles. The van der Waals surface area contributed by atoms with Crippen LogP contribution in [0.25, 0.3) is 0 Å². The van der Waals surface area contributed by atoms with E-state index in [1.54, 1.807) is 0 Å². The first-order valence-electron chi connectivity index (χ1n) is 2.10. The quantitative estimate of drug-likeness (QED) is 0.426. The van der Waals surface area contributed by atoms with Crippen molar-refractivity contribution in [2.75, 3.05) is 0 Å². The molecule has 1 aliphatic heterocycles. The van der Waals surface area contributed by atoms with Crippen molar-refractivity contribution in [2.45, 2.75) is 0 Å². The van der Waals surface area contributed by atoms with E-state index in [0.29, 0.717) is 4.85 Å². The van der Waals surface area contributed by atoms with Crippen LogP contribution < -0.4 is 8.47 Å². The molecule has 1 aliphatic rings. The monoisotopic (exact) mass is 164 g/mol. The highest BCUT2D eigenvalue weighted by Gasteiger charge is 2.31. The van der Waals surface area contributed by atoms with Crippen molar-refractivity contribution < 1.29 is 16.9 Å². The number of aromatic nitrogens is 4. The lowest BCUT2D eigenvalue weighted by atomic mass is 11.3. The molecule has 0 aliphatic carbocycles. The van der Waals surface area contributed by atoms with E-state index in [0.717, 1.165) is 0 Å². The molecule has 0 atom stereocenters. The molecule has 0 fully saturated rings. The second-order valence-corrected chi connectivity index (χ2v) is 2.53. The Bertz CT molecular complexity index is 325. The maximum atomic E-state index is 10.4. The lowest BCUT2D eigenvalue weighted by Crippen LogP contribution is -2.15. The summed E-state index contributed by atoms with van der Waals surface area (Å²) in [6.45, 7) is 0. The van der Waals surface area contributed by atoms with Crippen LogP contribution in [0.4, 0.5) is 0 Å². The largest absolute Gasteiger partial charge is 0.524 e. The summed E-state index contributed by atoms with van der Waals surface area (Å²) in [5.74, 6) is 0. The second-order valence-electron chi connectivity index (χ2n) is 1.40. The molecule has 0 saturated heterocycles. The van der Waals surface area contributed by atoms with Crippen molar-refractivity contribution in [2.24, 2.45) is 0 Å². The molecular weight excluding hydrogens is 164 g/mol. The van der Waals surface area contributed by atoms with Gasteiger partial charge in [-0.1, -0.05) is 5.10 Å². The Balaban J connectivity index is 2.56. The van der Waals surface area contributed by atoms with Gasteiger partial charge in [0, 0.05) is 4.85 Å². The van der Waals surface area contributed by atoms with Gasteiger partial charge in [0.1, 0.15) is 0 Å². The smallest absolute Gasteiger partial charge is 0.307 e. The van der Waals surface area contributed by atoms with E-state index in [9.17, 15) is 8.42 Å². The average molecular weight is 164 g/mol. The van der Waals surface area contributed by atoms with E-state index < -0.39 is 10.4 Å². The number of hydrogen-bond acceptors (Lipinski definition) is 7. The lowest BCUT2D eigenvalue weighted by Gasteiger charge is -1.85. The zero-order valence-electron chi connectivity index (χ0n) is 4.33. The Labute approximate surface area is 54.6 Å². The van der Waals surface area contributed by atoms with Crippen LogP contribution in [-0.2, 0) is 10.4 Å². The number of hydrogen-bond donors (Lipinski definition) is 0. The summed E-state index contributed by atoms with van der Waals surface area (Å²) in [6, 6.07) is -0.292. The van der Waals surface area contributed by atoms with Gasteiger partial charge in [-0.3, -0.25) is 0 Å². The summed E-state index contributed by atoms with van der Waals surface area (Å²) in [4.78, 5) is 0.565. The van der Waals surface area contributed by atoms with Gasteiger partial charge < -0.3 is 4.18 Å². The van der Waals surface area contributed by atoms with Gasteiger partial charge in [0.15, 0.2) is 0 Å². The lowest BCUT2D eigenvalue weighted by molar-refractivity contribution is 0.251. The topological polar surface area (TPSA) is 96.2 Å². The second kappa shape index (κ2) is 1.37. The molecule has 0 bridgehead atoms. The van der Waals surface area contributed by atoms with Gasteiger partial charge in [-0.15, -0.1) is 8.42 Å². The summed E-state index contributed by atoms with van der Waals surface area (Å²) in [5, 5.41) is 9.35. The van der Waals surface area contributed by atoms with E-state index >= 15 is 0 Å². The molecule has 8 nitrogen and oxygen atoms in total. The molecule has 54 valence electrons. The number of fused-ring (bicyclic) bond motifs is 1. The zero-order chi connectivity index (χ0) is 7.19. The molecule has 10 heavy (non-hydrogen) atoms. The minimum atomic E-state index is -3.96. The first kappa shape index (κ1) is 5.41. The Kier molecular flexibility index (Phi) is 0.740. The molecule has 0 N–H and O–H groups in total. The fraction of sp³-hybridized carbons (Fsp3) is 0. The highest BCUT2D eigenvalue weighted by molar-refractivity contribution is 7.82. The van der Waals surface area contributed by atoms with Gasteiger partial charge in [-0.2, -0.15) is 0 Å². The van der Waals surface area contributed by atoms with Gasteiger partial charge in [0.25, 0.3) is 0 Å². The fourth-order valence-electron chi connectivity index (χ4n) is 0.459. The van der Waals surface area contributed by atoms with E-state index in [1.165, 1.54) is 0 Å². The molecule has 0 spiro atoms. The standard InChI is InChI=1S/CN4O4S/c6-10(7)8-1-2-3-4-5(1)9-10. The zero-order valence-corrected chi connectivity index (χ0v) is 5.15. The highest BCUT2D eigenvalue weighted by Crippen LogP contribution is 2.11. The third-order valence-electron chi connectivity index (χ3n) is 0.754. The summed E-state index contributed by atoms with van der Waals surface area (Å²) < 4.78 is 28.9. The maximum Gasteiger partial charge on any atom is 0.524 e. The molecule has 0 unspecified atom stereocenters. The van der Waals surface area contributed by atoms with Crippen molar-refractivity contribution >= 4 is 10.4 Å². The van der Waals surface area contributed by atoms with E-state index in [2.05, 4.69) is 24.0 Å². The van der Waals surface area contributed by atoms with Crippen molar-refractivity contribution in [1.29, 1.82) is 0 Å². The Morgan fingerprint density at radius 3 is 3.00 bits per heavy atom. The maximum absolute atomic E-state index is 10.4. The van der Waals surface area contributed by atoms with Gasteiger partial charge in [0.05, 0.1) is 0 Å². The van der Waals surface area contributed by atoms with Gasteiger partial charge in [-0.25, -0.2) is 4.28 Å². The van der Waals surface area contributed by atoms with Crippen molar-refractivity contribution in [1.82, 2.24) is 20.4 Å². The molecule has 0 saturated carbocycles. The first-order valence-corrected chi connectivity index (χ1v) is 3.43. The normalized spacial score (nSPS) is 19.2. The number of rotatable bonds is 0. The third-order valence-corrected chi connectivity index (χ3v) is 1.43. The Morgan fingerprint density at radius 2 is 2.30 bits per heavy atom. The molecule has 9 heteroatoms. The highest BCUT2D eigenvalue weighted by atomic mass is 32.3. The van der Waals surface area contributed by atoms with E-state index in [4.69, 9.17) is 0 Å². The van der Waals surface area contributed by atoms with Crippen molar-refractivity contribution in [3.05, 3.63) is 0 Å². The molecular formula is CN4O4S. The van der Waals surface area contributed by atoms with Crippen LogP contribution in [0.5, 0.6) is 6.01 Å². The summed E-state index contributed by atoms with van der Waals surface area (Å²) in [5.41, 5.74) is 0. The fourth-order valence-corrected chi connectivity index (χ4v) is 1.04. The van der Waals surface area contributed by atoms with Crippen LogP contribution in [0.2, 0.25) is 0 Å². The third kappa shape index (κ3) is 0.603. The Hall–Kier alpha value is -1.38. The Morgan fingerprint density at radius 1 is 1.50 bits per heavy atom. The molecule has 1 aromatic rings. The van der Waals surface area contributed by atoms with E-state index in [-0.39, 0.29) is 6.01 Å². The van der Waals surface area contributed by atoms with E-state index in [1.807, 2.05) is 0 Å². The van der Waals surface area contributed by atoms with Crippen LogP contribution in [0.1, 0.15) is 0 Å². The van der Waals surface area contributed by atoms with Crippen LogP contribution in [-0.4, -0.2) is 28.8 Å². The van der Waals surface area contributed by atoms with Crippen molar-refractivity contribution in [3.8, 4) is 6.01 Å². The predicted octanol–water partition coefficient (Wildman–Crippen LogP) is -2.26. The first-order chi connectivity index (χ1) is 4.67. The van der Waals surface area contributed by atoms with Gasteiger partial charge in [0.2, 0.25) is 0 Å². The number of tetrazole rings is 1. The summed E-state index contributed by atoms with van der Waals surface area (Å²) >= 11 is 0. The van der Waals surface area contributed by atoms with Crippen LogP contribution in [0.15, 0.2) is 0 Å². The van der Waals surface area contributed by atoms with Gasteiger partial charge >= 0.3 is 16.4 Å². The summed E-state index contributed by atoms with van der Waals surface area (Å²) in [6.07, 6.45) is 0. The molecule has 1 aromatic heterocycles. The SMILES string of the molecule is O=S1(=O)Oc2nnnn2O1. The summed E-state index contributed by atoms with van der Waals surface area (Å²) in [7, 11) is -3.96. The predicted molar refractivity (Wildman–Crippen MR) is 23.9 cm³/mol. The number of nitrogens with zero attached hydrogens (tertiary/aromatic N) is 4. The van der Waals surface area contributed by atoms with Crippen LogP contribution in [0.3, 0.4) is 0 Å². The van der Waals surface area contributed by atoms with Crippen molar-refractivity contribution in [3.63, 3.8) is 0 Å². The van der Waals surface area contributed by atoms with Crippen LogP contribution in [0, 0.1) is 0 Å². The average Bonchev–Trinajstić information content (AvgIpc) is 2.20. The molecule has 2 heterocycles. The minimum Gasteiger partial charge on any atom is -0.307 e. The molecule has 0 amide bonds. The molecule has 2 rings (SSSR count). The van der Waals surface area contributed by atoms with Crippen LogP contribution >= 0.6 is 0 Å². The van der Waals surface area contributed by atoms with Gasteiger partial charge in [-0.05, 0) is 10.4 Å².